The van der Waals surface area contributed by atoms with E-state index >= 15 is 0 Å². The van der Waals surface area contributed by atoms with Crippen LogP contribution in [0.3, 0.4) is 0 Å². The highest BCUT2D eigenvalue weighted by Gasteiger charge is 2.20. The first-order valence-electron chi connectivity index (χ1n) is 5.53. The Morgan fingerprint density at radius 2 is 2.25 bits per heavy atom. The quantitative estimate of drug-likeness (QED) is 0.821. The Morgan fingerprint density at radius 1 is 1.44 bits per heavy atom. The second kappa shape index (κ2) is 5.12. The van der Waals surface area contributed by atoms with E-state index in [1.165, 1.54) is 6.42 Å². The third-order valence-electron chi connectivity index (χ3n) is 2.62. The van der Waals surface area contributed by atoms with E-state index in [1.54, 1.807) is 7.11 Å². The third kappa shape index (κ3) is 2.61. The summed E-state index contributed by atoms with van der Waals surface area (Å²) in [5.74, 6) is 2.04. The van der Waals surface area contributed by atoms with Crippen LogP contribution in [0.1, 0.15) is 25.1 Å². The fraction of sp³-hybridized carbons (Fsp3) is 0.636. The van der Waals surface area contributed by atoms with Crippen molar-refractivity contribution in [2.45, 2.75) is 32.0 Å². The van der Waals surface area contributed by atoms with E-state index in [9.17, 15) is 0 Å². The van der Waals surface area contributed by atoms with Crippen molar-refractivity contribution in [3.63, 3.8) is 0 Å². The maximum Gasteiger partial charge on any atom is 0.219 e. The van der Waals surface area contributed by atoms with Crippen LogP contribution in [-0.4, -0.2) is 30.2 Å². The molecule has 0 aromatic carbocycles. The summed E-state index contributed by atoms with van der Waals surface area (Å²) in [4.78, 5) is 8.56. The molecule has 0 bridgehead atoms. The van der Waals surface area contributed by atoms with Crippen molar-refractivity contribution in [2.24, 2.45) is 0 Å². The first-order valence-corrected chi connectivity index (χ1v) is 5.53. The molecule has 88 valence electrons. The van der Waals surface area contributed by atoms with Crippen molar-refractivity contribution < 1.29 is 9.47 Å². The highest BCUT2D eigenvalue weighted by Crippen LogP contribution is 2.25. The normalized spacial score (nSPS) is 15.6. The summed E-state index contributed by atoms with van der Waals surface area (Å²) in [6.45, 7) is 0.399. The molecule has 0 amide bonds. The number of anilines is 1. The largest absolute Gasteiger partial charge is 0.474 e. The Kier molecular flexibility index (Phi) is 3.56. The van der Waals surface area contributed by atoms with Gasteiger partial charge in [-0.05, 0) is 19.3 Å². The van der Waals surface area contributed by atoms with Crippen LogP contribution in [-0.2, 0) is 11.3 Å². The zero-order chi connectivity index (χ0) is 11.4. The van der Waals surface area contributed by atoms with Crippen LogP contribution in [0, 0.1) is 0 Å². The summed E-state index contributed by atoms with van der Waals surface area (Å²) in [5.41, 5.74) is 0. The van der Waals surface area contributed by atoms with Crippen LogP contribution in [0.2, 0.25) is 0 Å². The Balaban J connectivity index is 2.11. The molecule has 1 aromatic rings. The molecular weight excluding hydrogens is 206 g/mol. The summed E-state index contributed by atoms with van der Waals surface area (Å²) < 4.78 is 10.8. The molecule has 0 spiro atoms. The van der Waals surface area contributed by atoms with Gasteiger partial charge in [-0.25, -0.2) is 4.98 Å². The number of rotatable bonds is 5. The lowest BCUT2D eigenvalue weighted by molar-refractivity contribution is 0.112. The molecule has 2 rings (SSSR count). The fourth-order valence-corrected chi connectivity index (χ4v) is 1.51. The molecule has 0 atom stereocenters. The minimum Gasteiger partial charge on any atom is -0.474 e. The predicted molar refractivity (Wildman–Crippen MR) is 60.6 cm³/mol. The summed E-state index contributed by atoms with van der Waals surface area (Å²) in [5, 5.41) is 2.99. The summed E-state index contributed by atoms with van der Waals surface area (Å²) in [6, 6.07) is 1.82. The fourth-order valence-electron chi connectivity index (χ4n) is 1.51. The van der Waals surface area contributed by atoms with Gasteiger partial charge in [-0.1, -0.05) is 0 Å². The van der Waals surface area contributed by atoms with Gasteiger partial charge in [-0.3, -0.25) is 0 Å². The SMILES string of the molecule is CNc1cc(OC2CCC2)nc(COC)n1. The molecule has 1 heterocycles. The molecule has 0 aliphatic heterocycles. The van der Waals surface area contributed by atoms with Gasteiger partial charge in [0.05, 0.1) is 0 Å². The van der Waals surface area contributed by atoms with Gasteiger partial charge in [0.15, 0.2) is 5.82 Å². The first kappa shape index (κ1) is 11.1. The van der Waals surface area contributed by atoms with Gasteiger partial charge in [0.1, 0.15) is 18.5 Å². The number of hydrogen-bond acceptors (Lipinski definition) is 5. The lowest BCUT2D eigenvalue weighted by atomic mass is 9.96. The molecule has 5 nitrogen and oxygen atoms in total. The third-order valence-corrected chi connectivity index (χ3v) is 2.62. The minimum absolute atomic E-state index is 0.329. The maximum atomic E-state index is 5.73. The highest BCUT2D eigenvalue weighted by atomic mass is 16.5. The van der Waals surface area contributed by atoms with Crippen LogP contribution >= 0.6 is 0 Å². The van der Waals surface area contributed by atoms with E-state index in [1.807, 2.05) is 13.1 Å². The number of nitrogens with one attached hydrogen (secondary N) is 1. The van der Waals surface area contributed by atoms with Crippen LogP contribution in [0.15, 0.2) is 6.07 Å². The van der Waals surface area contributed by atoms with Gasteiger partial charge < -0.3 is 14.8 Å². The molecule has 16 heavy (non-hydrogen) atoms. The van der Waals surface area contributed by atoms with E-state index in [-0.39, 0.29) is 0 Å². The second-order valence-electron chi connectivity index (χ2n) is 3.86. The highest BCUT2D eigenvalue weighted by molar-refractivity contribution is 5.37. The molecule has 1 aliphatic rings. The topological polar surface area (TPSA) is 56.3 Å². The average Bonchev–Trinajstić information content (AvgIpc) is 2.24. The van der Waals surface area contributed by atoms with E-state index < -0.39 is 0 Å². The van der Waals surface area contributed by atoms with Gasteiger partial charge in [-0.2, -0.15) is 4.98 Å². The van der Waals surface area contributed by atoms with Crippen molar-refractivity contribution in [1.29, 1.82) is 0 Å². The zero-order valence-corrected chi connectivity index (χ0v) is 9.69. The molecule has 1 N–H and O–H groups in total. The molecule has 1 saturated carbocycles. The molecule has 0 radical (unpaired) electrons. The summed E-state index contributed by atoms with van der Waals surface area (Å²) in [6.07, 6.45) is 3.83. The minimum atomic E-state index is 0.329. The van der Waals surface area contributed by atoms with Crippen molar-refractivity contribution in [3.8, 4) is 5.88 Å². The number of aromatic nitrogens is 2. The number of ether oxygens (including phenoxy) is 2. The van der Waals surface area contributed by atoms with Crippen LogP contribution in [0.25, 0.3) is 0 Å². The lowest BCUT2D eigenvalue weighted by Crippen LogP contribution is -2.25. The molecule has 0 saturated heterocycles. The Labute approximate surface area is 95.2 Å². The predicted octanol–water partition coefficient (Wildman–Crippen LogP) is 1.60. The standard InChI is InChI=1S/C11H17N3O2/c1-12-9-6-11(16-8-4-3-5-8)14-10(13-9)7-15-2/h6,8H,3-5,7H2,1-2H3,(H,12,13,14). The van der Waals surface area contributed by atoms with Crippen LogP contribution in [0.5, 0.6) is 5.88 Å². The summed E-state index contributed by atoms with van der Waals surface area (Å²) >= 11 is 0. The van der Waals surface area contributed by atoms with Crippen molar-refractivity contribution in [1.82, 2.24) is 9.97 Å². The van der Waals surface area contributed by atoms with Crippen molar-refractivity contribution in [3.05, 3.63) is 11.9 Å². The van der Waals surface area contributed by atoms with Crippen LogP contribution in [0.4, 0.5) is 5.82 Å². The lowest BCUT2D eigenvalue weighted by Gasteiger charge is -2.25. The van der Waals surface area contributed by atoms with E-state index in [4.69, 9.17) is 9.47 Å². The maximum absolute atomic E-state index is 5.73. The number of methoxy groups -OCH3 is 1. The molecule has 1 aromatic heterocycles. The van der Waals surface area contributed by atoms with Gasteiger partial charge in [-0.15, -0.1) is 0 Å². The molecule has 5 heteroatoms. The summed E-state index contributed by atoms with van der Waals surface area (Å²) in [7, 11) is 3.45. The molecule has 0 unspecified atom stereocenters. The second-order valence-corrected chi connectivity index (χ2v) is 3.86. The Bertz CT molecular complexity index is 353. The van der Waals surface area contributed by atoms with E-state index in [0.717, 1.165) is 18.7 Å². The van der Waals surface area contributed by atoms with Gasteiger partial charge in [0.25, 0.3) is 0 Å². The molecular formula is C11H17N3O2. The smallest absolute Gasteiger partial charge is 0.219 e. The zero-order valence-electron chi connectivity index (χ0n) is 9.69. The van der Waals surface area contributed by atoms with E-state index in [0.29, 0.717) is 24.4 Å². The molecule has 1 aliphatic carbocycles. The number of nitrogens with zero attached hydrogens (tertiary/aromatic N) is 2. The van der Waals surface area contributed by atoms with Gasteiger partial charge in [0.2, 0.25) is 5.88 Å². The monoisotopic (exact) mass is 223 g/mol. The van der Waals surface area contributed by atoms with Crippen molar-refractivity contribution >= 4 is 5.82 Å². The average molecular weight is 223 g/mol. The van der Waals surface area contributed by atoms with Gasteiger partial charge >= 0.3 is 0 Å². The first-order chi connectivity index (χ1) is 7.81. The Morgan fingerprint density at radius 3 is 2.81 bits per heavy atom. The van der Waals surface area contributed by atoms with Crippen molar-refractivity contribution in [2.75, 3.05) is 19.5 Å². The van der Waals surface area contributed by atoms with Crippen LogP contribution < -0.4 is 10.1 Å². The van der Waals surface area contributed by atoms with Gasteiger partial charge in [0, 0.05) is 20.2 Å². The molecule has 1 fully saturated rings. The van der Waals surface area contributed by atoms with E-state index in [2.05, 4.69) is 15.3 Å². The Hall–Kier alpha value is -1.36. The number of hydrogen-bond donors (Lipinski definition) is 1.